The van der Waals surface area contributed by atoms with Gasteiger partial charge in [0.2, 0.25) is 0 Å². The van der Waals surface area contributed by atoms with Gasteiger partial charge in [0.05, 0.1) is 12.6 Å². The van der Waals surface area contributed by atoms with Gasteiger partial charge in [-0.25, -0.2) is 4.79 Å². The lowest BCUT2D eigenvalue weighted by Gasteiger charge is -2.23. The second-order valence-electron chi connectivity index (χ2n) is 3.63. The maximum Gasteiger partial charge on any atom is 0.410 e. The Kier molecular flexibility index (Phi) is 5.18. The van der Waals surface area contributed by atoms with E-state index in [1.165, 1.54) is 0 Å². The predicted octanol–water partition coefficient (Wildman–Crippen LogP) is 1.55. The second kappa shape index (κ2) is 6.45. The quantitative estimate of drug-likeness (QED) is 0.556. The maximum atomic E-state index is 11.6. The fourth-order valence-corrected chi connectivity index (χ4v) is 1.55. The van der Waals surface area contributed by atoms with E-state index in [2.05, 4.69) is 6.92 Å². The molecule has 4 heteroatoms. The monoisotopic (exact) mass is 213 g/mol. The van der Waals surface area contributed by atoms with Crippen LogP contribution in [0, 0.1) is 0 Å². The third-order valence-corrected chi connectivity index (χ3v) is 2.44. The number of ether oxygens (including phenoxy) is 1. The Balaban J connectivity index is 2.32. The number of unbranched alkanes of at least 4 members (excludes halogenated alkanes) is 1. The largest absolute Gasteiger partial charge is 0.449 e. The van der Waals surface area contributed by atoms with Crippen LogP contribution in [-0.2, 0) is 4.74 Å². The van der Waals surface area contributed by atoms with Gasteiger partial charge in [0.1, 0.15) is 0 Å². The van der Waals surface area contributed by atoms with E-state index in [0.717, 1.165) is 12.8 Å². The van der Waals surface area contributed by atoms with Gasteiger partial charge in [-0.15, -0.1) is 0 Å². The molecule has 0 spiro atoms. The number of rotatable bonds is 5. The molecule has 1 N–H and O–H groups in total. The average Bonchev–Trinajstić information content (AvgIpc) is 2.67. The van der Waals surface area contributed by atoms with Crippen molar-refractivity contribution in [3.63, 3.8) is 0 Å². The minimum absolute atomic E-state index is 0.00382. The van der Waals surface area contributed by atoms with E-state index in [-0.39, 0.29) is 18.7 Å². The summed E-state index contributed by atoms with van der Waals surface area (Å²) in [4.78, 5) is 13.2. The molecule has 1 unspecified atom stereocenters. The van der Waals surface area contributed by atoms with E-state index in [0.29, 0.717) is 19.6 Å². The van der Waals surface area contributed by atoms with Crippen LogP contribution >= 0.6 is 0 Å². The molecule has 1 amide bonds. The standard InChI is InChI=1S/C11H19NO3/c1-2-3-9-15-11(14)12-7-4-5-10(12)6-8-13/h4-5,10,13H,2-3,6-9H2,1H3. The van der Waals surface area contributed by atoms with Gasteiger partial charge >= 0.3 is 6.09 Å². The van der Waals surface area contributed by atoms with Gasteiger partial charge in [-0.2, -0.15) is 0 Å². The first-order valence-corrected chi connectivity index (χ1v) is 5.50. The average molecular weight is 213 g/mol. The molecule has 0 fully saturated rings. The molecule has 4 nitrogen and oxygen atoms in total. The normalized spacial score (nSPS) is 19.6. The molecular formula is C11H19NO3. The minimum Gasteiger partial charge on any atom is -0.449 e. The van der Waals surface area contributed by atoms with E-state index in [1.54, 1.807) is 4.90 Å². The lowest BCUT2D eigenvalue weighted by Crippen LogP contribution is -2.37. The molecule has 0 aromatic rings. The number of nitrogens with zero attached hydrogens (tertiary/aromatic N) is 1. The molecular weight excluding hydrogens is 194 g/mol. The Hall–Kier alpha value is -1.03. The van der Waals surface area contributed by atoms with Gasteiger partial charge in [0.15, 0.2) is 0 Å². The van der Waals surface area contributed by atoms with Crippen LogP contribution in [0.2, 0.25) is 0 Å². The molecule has 0 aromatic heterocycles. The highest BCUT2D eigenvalue weighted by molar-refractivity contribution is 5.69. The zero-order valence-electron chi connectivity index (χ0n) is 9.19. The fraction of sp³-hybridized carbons (Fsp3) is 0.727. The Morgan fingerprint density at radius 1 is 1.67 bits per heavy atom. The third kappa shape index (κ3) is 3.55. The van der Waals surface area contributed by atoms with Crippen molar-refractivity contribution in [1.82, 2.24) is 4.90 Å². The molecule has 0 saturated carbocycles. The lowest BCUT2D eigenvalue weighted by molar-refractivity contribution is 0.0956. The van der Waals surface area contributed by atoms with E-state index >= 15 is 0 Å². The van der Waals surface area contributed by atoms with Crippen LogP contribution < -0.4 is 0 Å². The highest BCUT2D eigenvalue weighted by Crippen LogP contribution is 2.14. The van der Waals surface area contributed by atoms with E-state index in [4.69, 9.17) is 9.84 Å². The van der Waals surface area contributed by atoms with Crippen LogP contribution in [0.25, 0.3) is 0 Å². The number of carbonyl (C=O) groups excluding carboxylic acids is 1. The molecule has 1 aliphatic heterocycles. The molecule has 15 heavy (non-hydrogen) atoms. The van der Waals surface area contributed by atoms with E-state index in [1.807, 2.05) is 12.2 Å². The number of aliphatic hydroxyl groups excluding tert-OH is 1. The van der Waals surface area contributed by atoms with Gasteiger partial charge < -0.3 is 9.84 Å². The first-order valence-electron chi connectivity index (χ1n) is 5.50. The van der Waals surface area contributed by atoms with Crippen LogP contribution in [0.15, 0.2) is 12.2 Å². The van der Waals surface area contributed by atoms with Crippen molar-refractivity contribution in [3.05, 3.63) is 12.2 Å². The van der Waals surface area contributed by atoms with Crippen LogP contribution in [0.4, 0.5) is 4.79 Å². The zero-order chi connectivity index (χ0) is 11.1. The Morgan fingerprint density at radius 2 is 2.47 bits per heavy atom. The summed E-state index contributed by atoms with van der Waals surface area (Å²) in [6.07, 6.45) is 6.10. The lowest BCUT2D eigenvalue weighted by atomic mass is 10.2. The summed E-state index contributed by atoms with van der Waals surface area (Å²) in [5.41, 5.74) is 0. The Labute approximate surface area is 90.5 Å². The smallest absolute Gasteiger partial charge is 0.410 e. The van der Waals surface area contributed by atoms with Gasteiger partial charge in [-0.05, 0) is 12.8 Å². The summed E-state index contributed by atoms with van der Waals surface area (Å²) in [5, 5.41) is 8.83. The fourth-order valence-electron chi connectivity index (χ4n) is 1.55. The van der Waals surface area contributed by atoms with Crippen molar-refractivity contribution >= 4 is 6.09 Å². The molecule has 0 aromatic carbocycles. The molecule has 0 saturated heterocycles. The number of carbonyl (C=O) groups is 1. The summed E-state index contributed by atoms with van der Waals surface area (Å²) in [6, 6.07) is 0.00382. The van der Waals surface area contributed by atoms with Crippen molar-refractivity contribution in [1.29, 1.82) is 0 Å². The number of aliphatic hydroxyl groups is 1. The number of amides is 1. The maximum absolute atomic E-state index is 11.6. The molecule has 0 aliphatic carbocycles. The van der Waals surface area contributed by atoms with Crippen LogP contribution in [0.5, 0.6) is 0 Å². The van der Waals surface area contributed by atoms with E-state index < -0.39 is 0 Å². The van der Waals surface area contributed by atoms with Crippen molar-refractivity contribution < 1.29 is 14.6 Å². The zero-order valence-corrected chi connectivity index (χ0v) is 9.19. The van der Waals surface area contributed by atoms with Crippen LogP contribution in [0.3, 0.4) is 0 Å². The van der Waals surface area contributed by atoms with Crippen molar-refractivity contribution in [2.24, 2.45) is 0 Å². The highest BCUT2D eigenvalue weighted by Gasteiger charge is 2.24. The molecule has 1 aliphatic rings. The van der Waals surface area contributed by atoms with Crippen molar-refractivity contribution in [2.45, 2.75) is 32.2 Å². The SMILES string of the molecule is CCCCOC(=O)N1CC=CC1CCO. The van der Waals surface area contributed by atoms with Gasteiger partial charge in [-0.3, -0.25) is 4.90 Å². The summed E-state index contributed by atoms with van der Waals surface area (Å²) >= 11 is 0. The molecule has 0 bridgehead atoms. The first kappa shape index (κ1) is 12.0. The van der Waals surface area contributed by atoms with Gasteiger partial charge in [-0.1, -0.05) is 25.5 Å². The minimum atomic E-state index is -0.271. The molecule has 1 heterocycles. The summed E-state index contributed by atoms with van der Waals surface area (Å²) in [7, 11) is 0. The molecule has 86 valence electrons. The Bertz CT molecular complexity index is 228. The van der Waals surface area contributed by atoms with E-state index in [9.17, 15) is 4.79 Å². The number of hydrogen-bond acceptors (Lipinski definition) is 3. The molecule has 0 radical (unpaired) electrons. The van der Waals surface area contributed by atoms with Crippen molar-refractivity contribution in [2.75, 3.05) is 19.8 Å². The Morgan fingerprint density at radius 3 is 3.13 bits per heavy atom. The summed E-state index contributed by atoms with van der Waals surface area (Å²) < 4.78 is 5.11. The molecule has 1 rings (SSSR count). The van der Waals surface area contributed by atoms with Gasteiger partial charge in [0.25, 0.3) is 0 Å². The predicted molar refractivity (Wildman–Crippen MR) is 57.6 cm³/mol. The second-order valence-corrected chi connectivity index (χ2v) is 3.63. The number of hydrogen-bond donors (Lipinski definition) is 1. The first-order chi connectivity index (χ1) is 7.29. The van der Waals surface area contributed by atoms with Gasteiger partial charge in [0, 0.05) is 13.2 Å². The molecule has 1 atom stereocenters. The highest BCUT2D eigenvalue weighted by atomic mass is 16.6. The van der Waals surface area contributed by atoms with Crippen LogP contribution in [0.1, 0.15) is 26.2 Å². The topological polar surface area (TPSA) is 49.8 Å². The van der Waals surface area contributed by atoms with Crippen molar-refractivity contribution in [3.8, 4) is 0 Å². The summed E-state index contributed by atoms with van der Waals surface area (Å²) in [5.74, 6) is 0. The third-order valence-electron chi connectivity index (χ3n) is 2.44. The van der Waals surface area contributed by atoms with Crippen LogP contribution in [-0.4, -0.2) is 41.9 Å². The summed E-state index contributed by atoms with van der Waals surface area (Å²) in [6.45, 7) is 3.22.